The van der Waals surface area contributed by atoms with Crippen molar-refractivity contribution in [3.63, 3.8) is 0 Å². The van der Waals surface area contributed by atoms with Gasteiger partial charge in [-0.1, -0.05) is 29.8 Å². The molecule has 2 N–H and O–H groups in total. The number of hydrazone groups is 1. The minimum atomic E-state index is -0.433. The van der Waals surface area contributed by atoms with E-state index in [0.717, 1.165) is 0 Å². The summed E-state index contributed by atoms with van der Waals surface area (Å²) in [4.78, 5) is 14.0. The summed E-state index contributed by atoms with van der Waals surface area (Å²) in [5.41, 5.74) is 3.40. The van der Waals surface area contributed by atoms with E-state index in [1.165, 1.54) is 18.3 Å². The fraction of sp³-hybridized carbons (Fsp3) is 0.111. The molecule has 0 saturated heterocycles. The predicted octanol–water partition coefficient (Wildman–Crippen LogP) is 3.29. The molecule has 27 heavy (non-hydrogen) atoms. The van der Waals surface area contributed by atoms with Crippen molar-refractivity contribution in [3.8, 4) is 5.75 Å². The molecule has 0 atom stereocenters. The van der Waals surface area contributed by atoms with E-state index >= 15 is 0 Å². The molecule has 0 saturated carbocycles. The molecule has 7 nitrogen and oxygen atoms in total. The molecule has 0 aliphatic carbocycles. The van der Waals surface area contributed by atoms with E-state index in [9.17, 15) is 9.18 Å². The van der Waals surface area contributed by atoms with Crippen molar-refractivity contribution >= 4 is 23.8 Å². The summed E-state index contributed by atoms with van der Waals surface area (Å²) in [6.45, 7) is 1.52. The Kier molecular flexibility index (Phi) is 5.77. The Labute approximate surface area is 158 Å². The molecule has 1 aromatic heterocycles. The predicted molar refractivity (Wildman–Crippen MR) is 101 cm³/mol. The number of aromatic nitrogens is 3. The molecule has 0 bridgehead atoms. The Morgan fingerprint density at radius 3 is 2.85 bits per heavy atom. The van der Waals surface area contributed by atoms with E-state index in [4.69, 9.17) is 16.3 Å². The summed E-state index contributed by atoms with van der Waals surface area (Å²) in [7, 11) is 0. The molecule has 0 radical (unpaired) electrons. The Morgan fingerprint density at radius 2 is 2.07 bits per heavy atom. The second kappa shape index (κ2) is 8.41. The first-order valence-electron chi connectivity index (χ1n) is 7.92. The van der Waals surface area contributed by atoms with Crippen molar-refractivity contribution in [3.05, 3.63) is 80.5 Å². The molecule has 0 amide bonds. The molecule has 0 spiro atoms. The van der Waals surface area contributed by atoms with E-state index in [-0.39, 0.29) is 29.4 Å². The lowest BCUT2D eigenvalue weighted by Crippen LogP contribution is -2.15. The van der Waals surface area contributed by atoms with Gasteiger partial charge in [0.05, 0.1) is 11.2 Å². The SMILES string of the molecule is Cc1nnc(N/N=C\c2ccccc2OCc2c(F)cccc2Cl)[nH]c1=O. The van der Waals surface area contributed by atoms with E-state index in [1.54, 1.807) is 37.3 Å². The topological polar surface area (TPSA) is 92.3 Å². The third-order valence-electron chi connectivity index (χ3n) is 3.59. The molecule has 1 heterocycles. The molecule has 3 aromatic rings. The highest BCUT2D eigenvalue weighted by atomic mass is 35.5. The number of para-hydroxylation sites is 1. The molecule has 0 fully saturated rings. The van der Waals surface area contributed by atoms with Gasteiger partial charge in [-0.3, -0.25) is 9.78 Å². The molecule has 0 unspecified atom stereocenters. The lowest BCUT2D eigenvalue weighted by Gasteiger charge is -2.10. The number of benzene rings is 2. The van der Waals surface area contributed by atoms with Crippen LogP contribution in [0.15, 0.2) is 52.4 Å². The Balaban J connectivity index is 1.72. The summed E-state index contributed by atoms with van der Waals surface area (Å²) in [6.07, 6.45) is 1.48. The number of rotatable bonds is 6. The number of nitrogens with zero attached hydrogens (tertiary/aromatic N) is 3. The van der Waals surface area contributed by atoms with Crippen molar-refractivity contribution in [1.82, 2.24) is 15.2 Å². The van der Waals surface area contributed by atoms with Crippen LogP contribution in [-0.2, 0) is 6.61 Å². The molecular formula is C18H15ClFN5O2. The normalized spacial score (nSPS) is 10.9. The third-order valence-corrected chi connectivity index (χ3v) is 3.94. The largest absolute Gasteiger partial charge is 0.488 e. The van der Waals surface area contributed by atoms with Crippen LogP contribution in [0.4, 0.5) is 10.3 Å². The summed E-state index contributed by atoms with van der Waals surface area (Å²) >= 11 is 6.01. The van der Waals surface area contributed by atoms with Crippen LogP contribution in [0.3, 0.4) is 0 Å². The highest BCUT2D eigenvalue weighted by Crippen LogP contribution is 2.23. The van der Waals surface area contributed by atoms with Gasteiger partial charge >= 0.3 is 0 Å². The number of hydrogen-bond acceptors (Lipinski definition) is 6. The number of aryl methyl sites for hydroxylation is 1. The van der Waals surface area contributed by atoms with Gasteiger partial charge in [-0.05, 0) is 31.2 Å². The maximum Gasteiger partial charge on any atom is 0.274 e. The van der Waals surface area contributed by atoms with E-state index in [2.05, 4.69) is 25.7 Å². The smallest absolute Gasteiger partial charge is 0.274 e. The van der Waals surface area contributed by atoms with Crippen molar-refractivity contribution in [2.75, 3.05) is 5.43 Å². The molecule has 3 rings (SSSR count). The lowest BCUT2D eigenvalue weighted by molar-refractivity contribution is 0.299. The van der Waals surface area contributed by atoms with Gasteiger partial charge in [0.1, 0.15) is 23.9 Å². The van der Waals surface area contributed by atoms with Crippen LogP contribution in [0, 0.1) is 12.7 Å². The average Bonchev–Trinajstić information content (AvgIpc) is 2.65. The minimum Gasteiger partial charge on any atom is -0.488 e. The fourth-order valence-electron chi connectivity index (χ4n) is 2.15. The average molecular weight is 388 g/mol. The lowest BCUT2D eigenvalue weighted by atomic mass is 10.2. The number of ether oxygens (including phenoxy) is 1. The highest BCUT2D eigenvalue weighted by molar-refractivity contribution is 6.31. The molecule has 2 aromatic carbocycles. The second-order valence-electron chi connectivity index (χ2n) is 5.48. The first-order chi connectivity index (χ1) is 13.0. The quantitative estimate of drug-likeness (QED) is 0.500. The zero-order valence-electron chi connectivity index (χ0n) is 14.2. The summed E-state index contributed by atoms with van der Waals surface area (Å²) in [5, 5.41) is 11.8. The van der Waals surface area contributed by atoms with Crippen LogP contribution in [0.1, 0.15) is 16.8 Å². The van der Waals surface area contributed by atoms with Crippen LogP contribution in [-0.4, -0.2) is 21.4 Å². The van der Waals surface area contributed by atoms with E-state index < -0.39 is 5.82 Å². The molecule has 0 aliphatic rings. The summed E-state index contributed by atoms with van der Waals surface area (Å²) in [5.74, 6) is 0.168. The second-order valence-corrected chi connectivity index (χ2v) is 5.89. The van der Waals surface area contributed by atoms with Gasteiger partial charge in [-0.25, -0.2) is 9.82 Å². The zero-order chi connectivity index (χ0) is 19.2. The van der Waals surface area contributed by atoms with Crippen molar-refractivity contribution in [2.24, 2.45) is 5.10 Å². The van der Waals surface area contributed by atoms with Crippen molar-refractivity contribution in [1.29, 1.82) is 0 Å². The molecule has 138 valence electrons. The van der Waals surface area contributed by atoms with Gasteiger partial charge in [-0.2, -0.15) is 5.10 Å². The number of hydrogen-bond donors (Lipinski definition) is 2. The van der Waals surface area contributed by atoms with Gasteiger partial charge in [-0.15, -0.1) is 10.2 Å². The van der Waals surface area contributed by atoms with Crippen molar-refractivity contribution in [2.45, 2.75) is 13.5 Å². The van der Waals surface area contributed by atoms with Crippen LogP contribution >= 0.6 is 11.6 Å². The fourth-order valence-corrected chi connectivity index (χ4v) is 2.36. The Hall–Kier alpha value is -3.26. The number of H-pyrrole nitrogens is 1. The maximum absolute atomic E-state index is 13.9. The first-order valence-corrected chi connectivity index (χ1v) is 8.30. The van der Waals surface area contributed by atoms with E-state index in [0.29, 0.717) is 16.3 Å². The van der Waals surface area contributed by atoms with Crippen LogP contribution in [0.2, 0.25) is 5.02 Å². The van der Waals surface area contributed by atoms with Crippen LogP contribution < -0.4 is 15.7 Å². The van der Waals surface area contributed by atoms with E-state index in [1.807, 2.05) is 0 Å². The molecular weight excluding hydrogens is 373 g/mol. The summed E-state index contributed by atoms with van der Waals surface area (Å²) < 4.78 is 19.6. The third kappa shape index (κ3) is 4.68. The van der Waals surface area contributed by atoms with Gasteiger partial charge in [0, 0.05) is 11.1 Å². The number of aromatic amines is 1. The van der Waals surface area contributed by atoms with Crippen molar-refractivity contribution < 1.29 is 9.13 Å². The monoisotopic (exact) mass is 387 g/mol. The summed E-state index contributed by atoms with van der Waals surface area (Å²) in [6, 6.07) is 11.5. The van der Waals surface area contributed by atoms with Gasteiger partial charge in [0.15, 0.2) is 0 Å². The Bertz CT molecular complexity index is 1020. The number of anilines is 1. The highest BCUT2D eigenvalue weighted by Gasteiger charge is 2.09. The van der Waals surface area contributed by atoms with Crippen LogP contribution in [0.25, 0.3) is 0 Å². The Morgan fingerprint density at radius 1 is 1.26 bits per heavy atom. The zero-order valence-corrected chi connectivity index (χ0v) is 15.0. The number of halogens is 2. The minimum absolute atomic E-state index is 0.0272. The maximum atomic E-state index is 13.9. The van der Waals surface area contributed by atoms with Gasteiger partial charge in [0.2, 0.25) is 5.95 Å². The van der Waals surface area contributed by atoms with Crippen LogP contribution in [0.5, 0.6) is 5.75 Å². The van der Waals surface area contributed by atoms with Gasteiger partial charge in [0.25, 0.3) is 5.56 Å². The standard InChI is InChI=1S/C18H15ClFN5O2/c1-11-17(26)22-18(25-23-11)24-21-9-12-5-2-3-8-16(12)27-10-13-14(19)6-4-7-15(13)20/h2-9H,10H2,1H3,(H2,22,24,25,26)/b21-9-. The van der Waals surface area contributed by atoms with Gasteiger partial charge < -0.3 is 4.74 Å². The number of nitrogens with one attached hydrogen (secondary N) is 2. The first kappa shape index (κ1) is 18.5. The molecule has 9 heteroatoms. The molecule has 0 aliphatic heterocycles.